The van der Waals surface area contributed by atoms with E-state index in [0.29, 0.717) is 0 Å². The van der Waals surface area contributed by atoms with Crippen LogP contribution < -0.4 is 0 Å². The van der Waals surface area contributed by atoms with E-state index in [9.17, 15) is 4.79 Å². The number of hydrogen-bond acceptors (Lipinski definition) is 5. The van der Waals surface area contributed by atoms with Crippen LogP contribution in [0.4, 0.5) is 0 Å². The van der Waals surface area contributed by atoms with Gasteiger partial charge in [-0.2, -0.15) is 5.10 Å². The van der Waals surface area contributed by atoms with Gasteiger partial charge in [0.05, 0.1) is 5.69 Å². The highest BCUT2D eigenvalue weighted by Crippen LogP contribution is 2.00. The molecule has 15 heavy (non-hydrogen) atoms. The largest absolute Gasteiger partial charge is 0.454 e. The summed E-state index contributed by atoms with van der Waals surface area (Å²) in [5.74, 6) is -0.480. The molecule has 0 radical (unpaired) electrons. The summed E-state index contributed by atoms with van der Waals surface area (Å²) in [5.41, 5.74) is 0.974. The summed E-state index contributed by atoms with van der Waals surface area (Å²) in [6, 6.07) is 3.22. The molecule has 2 heterocycles. The van der Waals surface area contributed by atoms with Gasteiger partial charge in [0.2, 0.25) is 0 Å². The third kappa shape index (κ3) is 2.37. The summed E-state index contributed by atoms with van der Waals surface area (Å²) < 4.78 is 4.97. The van der Waals surface area contributed by atoms with E-state index >= 15 is 0 Å². The van der Waals surface area contributed by atoms with Gasteiger partial charge in [-0.05, 0) is 12.1 Å². The Bertz CT molecular complexity index is 427. The van der Waals surface area contributed by atoms with E-state index in [1.54, 1.807) is 12.3 Å². The number of rotatable bonds is 3. The third-order valence-electron chi connectivity index (χ3n) is 1.71. The molecule has 2 rings (SSSR count). The molecule has 0 unspecified atom stereocenters. The van der Waals surface area contributed by atoms with Crippen molar-refractivity contribution in [3.63, 3.8) is 0 Å². The number of hydrogen-bond donors (Lipinski definition) is 1. The van der Waals surface area contributed by atoms with E-state index < -0.39 is 5.97 Å². The molecule has 0 saturated heterocycles. The first-order chi connectivity index (χ1) is 7.36. The van der Waals surface area contributed by atoms with E-state index in [1.165, 1.54) is 18.6 Å². The van der Waals surface area contributed by atoms with Gasteiger partial charge in [-0.1, -0.05) is 0 Å². The van der Waals surface area contributed by atoms with Crippen molar-refractivity contribution in [3.8, 4) is 0 Å². The molecule has 2 aromatic rings. The summed E-state index contributed by atoms with van der Waals surface area (Å²) >= 11 is 0. The first-order valence-electron chi connectivity index (χ1n) is 4.27. The number of carbonyl (C=O) groups excluding carboxylic acids is 1. The minimum Gasteiger partial charge on any atom is -0.454 e. The molecule has 0 aliphatic heterocycles. The molecule has 0 atom stereocenters. The van der Waals surface area contributed by atoms with Gasteiger partial charge < -0.3 is 4.74 Å². The van der Waals surface area contributed by atoms with E-state index in [1.807, 2.05) is 0 Å². The van der Waals surface area contributed by atoms with E-state index in [-0.39, 0.29) is 12.3 Å². The SMILES string of the molecule is O=C(OCc1ccn[nH]1)c1ccncn1. The monoisotopic (exact) mass is 204 g/mol. The molecule has 1 N–H and O–H groups in total. The highest BCUT2D eigenvalue weighted by Gasteiger charge is 2.08. The molecular weight excluding hydrogens is 196 g/mol. The molecule has 6 heteroatoms. The van der Waals surface area contributed by atoms with E-state index in [2.05, 4.69) is 20.2 Å². The zero-order valence-electron chi connectivity index (χ0n) is 7.75. The summed E-state index contributed by atoms with van der Waals surface area (Å²) in [6.07, 6.45) is 4.38. The average molecular weight is 204 g/mol. The second kappa shape index (κ2) is 4.32. The molecule has 0 bridgehead atoms. The van der Waals surface area contributed by atoms with Gasteiger partial charge in [0.15, 0.2) is 5.69 Å². The van der Waals surface area contributed by atoms with E-state index in [4.69, 9.17) is 4.74 Å². The number of H-pyrrole nitrogens is 1. The minimum atomic E-state index is -0.480. The highest BCUT2D eigenvalue weighted by molar-refractivity contribution is 5.86. The van der Waals surface area contributed by atoms with Gasteiger partial charge in [-0.15, -0.1) is 0 Å². The minimum absolute atomic E-state index is 0.156. The quantitative estimate of drug-likeness (QED) is 0.738. The number of nitrogens with zero attached hydrogens (tertiary/aromatic N) is 3. The van der Waals surface area contributed by atoms with E-state index in [0.717, 1.165) is 5.69 Å². The Morgan fingerprint density at radius 3 is 3.00 bits per heavy atom. The molecule has 0 aliphatic rings. The van der Waals surface area contributed by atoms with Crippen LogP contribution >= 0.6 is 0 Å². The summed E-state index contributed by atoms with van der Waals surface area (Å²) in [6.45, 7) is 0.156. The lowest BCUT2D eigenvalue weighted by Gasteiger charge is -2.01. The molecule has 0 aromatic carbocycles. The lowest BCUT2D eigenvalue weighted by Crippen LogP contribution is -2.07. The van der Waals surface area contributed by atoms with Crippen molar-refractivity contribution in [3.05, 3.63) is 42.2 Å². The normalized spacial score (nSPS) is 9.87. The zero-order valence-corrected chi connectivity index (χ0v) is 7.75. The Labute approximate surface area is 85.3 Å². The lowest BCUT2D eigenvalue weighted by atomic mass is 10.4. The van der Waals surface area contributed by atoms with Crippen LogP contribution in [0.15, 0.2) is 30.9 Å². The first kappa shape index (κ1) is 9.32. The third-order valence-corrected chi connectivity index (χ3v) is 1.71. The van der Waals surface area contributed by atoms with Crippen LogP contribution in [0.3, 0.4) is 0 Å². The highest BCUT2D eigenvalue weighted by atomic mass is 16.5. The van der Waals surface area contributed by atoms with Gasteiger partial charge in [-0.3, -0.25) is 5.10 Å². The molecule has 2 aromatic heterocycles. The Morgan fingerprint density at radius 2 is 2.33 bits per heavy atom. The number of ether oxygens (including phenoxy) is 1. The fraction of sp³-hybridized carbons (Fsp3) is 0.111. The Morgan fingerprint density at radius 1 is 1.40 bits per heavy atom. The van der Waals surface area contributed by atoms with Crippen LogP contribution in [0.25, 0.3) is 0 Å². The van der Waals surface area contributed by atoms with Gasteiger partial charge in [-0.25, -0.2) is 14.8 Å². The maximum absolute atomic E-state index is 11.4. The van der Waals surface area contributed by atoms with Crippen molar-refractivity contribution in [2.24, 2.45) is 0 Å². The topological polar surface area (TPSA) is 80.8 Å². The van der Waals surface area contributed by atoms with Gasteiger partial charge >= 0.3 is 5.97 Å². The summed E-state index contributed by atoms with van der Waals surface area (Å²) in [7, 11) is 0. The van der Waals surface area contributed by atoms with Crippen LogP contribution in [0.5, 0.6) is 0 Å². The number of carbonyl (C=O) groups is 1. The smallest absolute Gasteiger partial charge is 0.357 e. The van der Waals surface area contributed by atoms with Crippen molar-refractivity contribution in [2.45, 2.75) is 6.61 Å². The Kier molecular flexibility index (Phi) is 2.68. The number of aromatic amines is 1. The fourth-order valence-corrected chi connectivity index (χ4v) is 0.994. The molecule has 0 aliphatic carbocycles. The van der Waals surface area contributed by atoms with Crippen LogP contribution in [-0.4, -0.2) is 26.1 Å². The number of nitrogens with one attached hydrogen (secondary N) is 1. The standard InChI is InChI=1S/C9H8N4O2/c14-9(8-2-3-10-6-11-8)15-5-7-1-4-12-13-7/h1-4,6H,5H2,(H,12,13). The summed E-state index contributed by atoms with van der Waals surface area (Å²) in [5, 5.41) is 6.41. The fourth-order valence-electron chi connectivity index (χ4n) is 0.994. The average Bonchev–Trinajstić information content (AvgIpc) is 2.80. The molecule has 76 valence electrons. The maximum atomic E-state index is 11.4. The second-order valence-electron chi connectivity index (χ2n) is 2.75. The summed E-state index contributed by atoms with van der Waals surface area (Å²) in [4.78, 5) is 18.9. The van der Waals surface area contributed by atoms with Gasteiger partial charge in [0.1, 0.15) is 12.9 Å². The van der Waals surface area contributed by atoms with Crippen molar-refractivity contribution in [2.75, 3.05) is 0 Å². The molecule has 0 fully saturated rings. The van der Waals surface area contributed by atoms with Crippen molar-refractivity contribution in [1.82, 2.24) is 20.2 Å². The van der Waals surface area contributed by atoms with Crippen molar-refractivity contribution >= 4 is 5.97 Å². The van der Waals surface area contributed by atoms with Gasteiger partial charge in [0, 0.05) is 12.4 Å². The Hall–Kier alpha value is -2.24. The predicted octanol–water partition coefficient (Wildman–Crippen LogP) is 0.557. The molecule has 0 amide bonds. The van der Waals surface area contributed by atoms with Crippen LogP contribution in [0.2, 0.25) is 0 Å². The second-order valence-corrected chi connectivity index (χ2v) is 2.75. The lowest BCUT2D eigenvalue weighted by molar-refractivity contribution is 0.0460. The van der Waals surface area contributed by atoms with Crippen molar-refractivity contribution in [1.29, 1.82) is 0 Å². The first-order valence-corrected chi connectivity index (χ1v) is 4.27. The molecule has 0 saturated carbocycles. The van der Waals surface area contributed by atoms with Crippen LogP contribution in [-0.2, 0) is 11.3 Å². The Balaban J connectivity index is 1.94. The number of esters is 1. The van der Waals surface area contributed by atoms with Crippen LogP contribution in [0, 0.1) is 0 Å². The molecule has 0 spiro atoms. The van der Waals surface area contributed by atoms with Crippen LogP contribution in [0.1, 0.15) is 16.2 Å². The van der Waals surface area contributed by atoms with Gasteiger partial charge in [0.25, 0.3) is 0 Å². The maximum Gasteiger partial charge on any atom is 0.357 e. The zero-order chi connectivity index (χ0) is 10.5. The van der Waals surface area contributed by atoms with Crippen molar-refractivity contribution < 1.29 is 9.53 Å². The predicted molar refractivity (Wildman–Crippen MR) is 49.7 cm³/mol. The molecular formula is C9H8N4O2. The molecule has 6 nitrogen and oxygen atoms in total. The number of aromatic nitrogens is 4.